The van der Waals surface area contributed by atoms with Crippen LogP contribution in [0.4, 0.5) is 0 Å². The molecule has 2 unspecified atom stereocenters. The first-order chi connectivity index (χ1) is 14.3. The number of esters is 2. The predicted octanol–water partition coefficient (Wildman–Crippen LogP) is 5.56. The minimum Gasteiger partial charge on any atom is -0.456 e. The maximum Gasteiger partial charge on any atom is 0.317 e. The number of ether oxygens (including phenoxy) is 2. The summed E-state index contributed by atoms with van der Waals surface area (Å²) < 4.78 is 12.7. The van der Waals surface area contributed by atoms with Gasteiger partial charge >= 0.3 is 11.9 Å². The molecule has 0 N–H and O–H groups in total. The van der Waals surface area contributed by atoms with Crippen LogP contribution >= 0.6 is 0 Å². The van der Waals surface area contributed by atoms with Crippen LogP contribution in [0.5, 0.6) is 0 Å². The summed E-state index contributed by atoms with van der Waals surface area (Å²) in [5.74, 6) is -0.269. The lowest BCUT2D eigenvalue weighted by Gasteiger charge is -2.43. The highest BCUT2D eigenvalue weighted by Gasteiger charge is 2.80. The molecule has 2 heterocycles. The van der Waals surface area contributed by atoms with E-state index in [1.54, 1.807) is 0 Å². The van der Waals surface area contributed by atoms with Gasteiger partial charge in [-0.1, -0.05) is 83.6 Å². The summed E-state index contributed by atoms with van der Waals surface area (Å²) in [5.41, 5.74) is -0.164. The van der Waals surface area contributed by atoms with E-state index in [0.29, 0.717) is 0 Å². The number of hydrogen-bond donors (Lipinski definition) is 0. The summed E-state index contributed by atoms with van der Waals surface area (Å²) in [6, 6.07) is 8.47. The molecule has 0 amide bonds. The van der Waals surface area contributed by atoms with Gasteiger partial charge in [0.25, 0.3) is 0 Å². The summed E-state index contributed by atoms with van der Waals surface area (Å²) in [5, 5.41) is 0. The first-order valence-corrected chi connectivity index (χ1v) is 11.8. The van der Waals surface area contributed by atoms with Gasteiger partial charge in [0.1, 0.15) is 10.8 Å². The van der Waals surface area contributed by atoms with Gasteiger partial charge in [0, 0.05) is 5.56 Å². The molecule has 162 valence electrons. The summed E-state index contributed by atoms with van der Waals surface area (Å²) in [7, 11) is 0. The molecule has 0 aromatic heterocycles. The Balaban J connectivity index is 1.69. The van der Waals surface area contributed by atoms with Crippen molar-refractivity contribution >= 4 is 11.9 Å². The number of rotatable bonds is 1. The zero-order valence-corrected chi connectivity index (χ0v) is 18.6. The quantitative estimate of drug-likeness (QED) is 0.569. The van der Waals surface area contributed by atoms with Gasteiger partial charge in [-0.2, -0.15) is 0 Å². The van der Waals surface area contributed by atoms with Gasteiger partial charge in [-0.15, -0.1) is 0 Å². The summed E-state index contributed by atoms with van der Waals surface area (Å²) in [4.78, 5) is 27.0. The number of hydrogen-bond acceptors (Lipinski definition) is 4. The first-order valence-electron chi connectivity index (χ1n) is 11.8. The topological polar surface area (TPSA) is 52.6 Å². The van der Waals surface area contributed by atoms with Gasteiger partial charge in [0.05, 0.1) is 0 Å². The van der Waals surface area contributed by atoms with Crippen LogP contribution in [-0.2, 0) is 30.1 Å². The van der Waals surface area contributed by atoms with Gasteiger partial charge in [-0.05, 0) is 36.7 Å². The van der Waals surface area contributed by atoms with Crippen molar-refractivity contribution in [1.82, 2.24) is 0 Å². The van der Waals surface area contributed by atoms with E-state index in [2.05, 4.69) is 45.0 Å². The van der Waals surface area contributed by atoms with E-state index < -0.39 is 22.5 Å². The van der Waals surface area contributed by atoms with Crippen LogP contribution in [0.25, 0.3) is 0 Å². The molecule has 4 nitrogen and oxygen atoms in total. The first kappa shape index (κ1) is 20.1. The fraction of sp³-hybridized carbons (Fsp3) is 0.692. The van der Waals surface area contributed by atoms with E-state index in [1.807, 2.05) is 0 Å². The number of fused-ring (bicyclic) bond motifs is 3. The highest BCUT2D eigenvalue weighted by Crippen LogP contribution is 2.68. The average molecular weight is 411 g/mol. The molecule has 2 saturated carbocycles. The Bertz CT molecular complexity index is 848. The van der Waals surface area contributed by atoms with Crippen LogP contribution in [0.2, 0.25) is 0 Å². The zero-order valence-electron chi connectivity index (χ0n) is 18.6. The largest absolute Gasteiger partial charge is 0.456 e. The van der Waals surface area contributed by atoms with Crippen molar-refractivity contribution in [2.24, 2.45) is 10.8 Å². The molecular weight excluding hydrogens is 376 g/mol. The van der Waals surface area contributed by atoms with Gasteiger partial charge in [-0.25, -0.2) is 0 Å². The second kappa shape index (κ2) is 6.58. The Morgan fingerprint density at radius 3 is 1.93 bits per heavy atom. The lowest BCUT2D eigenvalue weighted by atomic mass is 9.57. The summed E-state index contributed by atoms with van der Waals surface area (Å²) in [6.45, 7) is 6.58. The SMILES string of the molecule is CC(C)(C)c1ccc(C23OC(=O)C4(CCCCC4)C2OC(=O)C32CCCCC2)cc1. The van der Waals surface area contributed by atoms with Crippen molar-refractivity contribution in [3.05, 3.63) is 35.4 Å². The fourth-order valence-electron chi connectivity index (χ4n) is 6.80. The molecule has 4 aliphatic rings. The maximum absolute atomic E-state index is 13.5. The van der Waals surface area contributed by atoms with Crippen molar-refractivity contribution < 1.29 is 19.1 Å². The Morgan fingerprint density at radius 2 is 1.37 bits per heavy atom. The molecule has 4 heteroatoms. The second-order valence-corrected chi connectivity index (χ2v) is 11.1. The molecule has 0 bridgehead atoms. The molecule has 4 fully saturated rings. The molecule has 0 radical (unpaired) electrons. The van der Waals surface area contributed by atoms with E-state index in [1.165, 1.54) is 5.56 Å². The van der Waals surface area contributed by atoms with Crippen molar-refractivity contribution in [3.63, 3.8) is 0 Å². The van der Waals surface area contributed by atoms with E-state index in [0.717, 1.165) is 69.8 Å². The third-order valence-electron chi connectivity index (χ3n) is 8.49. The monoisotopic (exact) mass is 410 g/mol. The lowest BCUT2D eigenvalue weighted by Crippen LogP contribution is -2.52. The van der Waals surface area contributed by atoms with Crippen LogP contribution in [0.1, 0.15) is 96.1 Å². The number of benzene rings is 1. The van der Waals surface area contributed by atoms with Crippen LogP contribution in [0, 0.1) is 10.8 Å². The molecule has 5 rings (SSSR count). The molecule has 2 aliphatic heterocycles. The summed E-state index contributed by atoms with van der Waals surface area (Å²) in [6.07, 6.45) is 8.73. The third kappa shape index (κ3) is 2.45. The van der Waals surface area contributed by atoms with Crippen molar-refractivity contribution in [1.29, 1.82) is 0 Å². The van der Waals surface area contributed by atoms with Gasteiger partial charge in [-0.3, -0.25) is 9.59 Å². The normalized spacial score (nSPS) is 32.2. The Kier molecular flexibility index (Phi) is 4.40. The molecule has 30 heavy (non-hydrogen) atoms. The van der Waals surface area contributed by atoms with E-state index >= 15 is 0 Å². The third-order valence-corrected chi connectivity index (χ3v) is 8.49. The molecule has 1 aromatic carbocycles. The van der Waals surface area contributed by atoms with E-state index in [-0.39, 0.29) is 17.4 Å². The molecule has 2 spiro atoms. The molecular formula is C26H34O4. The van der Waals surface area contributed by atoms with E-state index in [9.17, 15) is 9.59 Å². The Hall–Kier alpha value is -1.84. The molecule has 2 aliphatic carbocycles. The van der Waals surface area contributed by atoms with Gasteiger partial charge in [0.2, 0.25) is 0 Å². The van der Waals surface area contributed by atoms with Crippen LogP contribution < -0.4 is 0 Å². The highest BCUT2D eigenvalue weighted by molar-refractivity contribution is 5.90. The minimum atomic E-state index is -0.977. The number of carbonyl (C=O) groups excluding carboxylic acids is 2. The Labute approximate surface area is 179 Å². The zero-order chi connectivity index (χ0) is 21.2. The smallest absolute Gasteiger partial charge is 0.317 e. The standard InChI is InChI=1S/C26H34O4/c1-23(2,3)18-10-12-19(13-11-18)26-20(24(21(27)30-26)14-6-4-7-15-24)29-22(28)25(26)16-8-5-9-17-25/h10-13,20H,4-9,14-17H2,1-3H3. The minimum absolute atomic E-state index is 0.0388. The Morgan fingerprint density at radius 1 is 0.800 bits per heavy atom. The lowest BCUT2D eigenvalue weighted by molar-refractivity contribution is -0.173. The second-order valence-electron chi connectivity index (χ2n) is 11.1. The van der Waals surface area contributed by atoms with Crippen LogP contribution in [-0.4, -0.2) is 18.0 Å². The van der Waals surface area contributed by atoms with Crippen LogP contribution in [0.3, 0.4) is 0 Å². The predicted molar refractivity (Wildman–Crippen MR) is 114 cm³/mol. The molecule has 2 atom stereocenters. The summed E-state index contributed by atoms with van der Waals surface area (Å²) >= 11 is 0. The molecule has 1 aromatic rings. The maximum atomic E-state index is 13.5. The van der Waals surface area contributed by atoms with Crippen LogP contribution in [0.15, 0.2) is 24.3 Å². The van der Waals surface area contributed by atoms with Crippen molar-refractivity contribution in [3.8, 4) is 0 Å². The number of carbonyl (C=O) groups is 2. The van der Waals surface area contributed by atoms with Crippen molar-refractivity contribution in [2.75, 3.05) is 0 Å². The van der Waals surface area contributed by atoms with E-state index in [4.69, 9.17) is 9.47 Å². The molecule has 2 saturated heterocycles. The van der Waals surface area contributed by atoms with Crippen molar-refractivity contribution in [2.45, 2.75) is 102 Å². The van der Waals surface area contributed by atoms with Gasteiger partial charge < -0.3 is 9.47 Å². The van der Waals surface area contributed by atoms with Gasteiger partial charge in [0.15, 0.2) is 11.7 Å². The fourth-order valence-corrected chi connectivity index (χ4v) is 6.80. The highest BCUT2D eigenvalue weighted by atomic mass is 16.6. The average Bonchev–Trinajstić information content (AvgIpc) is 3.11.